The van der Waals surface area contributed by atoms with Crippen LogP contribution >= 0.6 is 28.3 Å². The van der Waals surface area contributed by atoms with E-state index in [1.165, 1.54) is 16.7 Å². The fourth-order valence-electron chi connectivity index (χ4n) is 3.90. The van der Waals surface area contributed by atoms with Crippen LogP contribution in [-0.2, 0) is 6.42 Å². The fraction of sp³-hybridized carbons (Fsp3) is 0.143. The summed E-state index contributed by atoms with van der Waals surface area (Å²) in [6, 6.07) is 14.8. The Kier molecular flexibility index (Phi) is 5.00. The van der Waals surface area contributed by atoms with Crippen molar-refractivity contribution in [2.24, 2.45) is 10.7 Å². The van der Waals surface area contributed by atoms with Crippen molar-refractivity contribution in [2.45, 2.75) is 18.9 Å². The van der Waals surface area contributed by atoms with Crippen molar-refractivity contribution < 1.29 is 0 Å². The largest absolute Gasteiger partial charge is 0.370 e. The molecule has 2 aliphatic rings. The Balaban J connectivity index is 0.00000192. The molecule has 0 radical (unpaired) electrons. The van der Waals surface area contributed by atoms with Crippen molar-refractivity contribution >= 4 is 40.0 Å². The maximum absolute atomic E-state index is 6.15. The van der Waals surface area contributed by atoms with Crippen molar-refractivity contribution in [3.63, 3.8) is 0 Å². The van der Waals surface area contributed by atoms with E-state index in [-0.39, 0.29) is 18.4 Å². The number of nitrogens with two attached hydrogens (primary N) is 1. The summed E-state index contributed by atoms with van der Waals surface area (Å²) in [5.41, 5.74) is 13.3. The molecule has 28 heavy (non-hydrogen) atoms. The SMILES string of the molecule is Cl.NC1=NC(c2ccc(-n3ccnc3)cc2)C2=C(N1)c1ccc(Br)cc1CC2. The van der Waals surface area contributed by atoms with E-state index in [4.69, 9.17) is 10.7 Å². The van der Waals surface area contributed by atoms with Gasteiger partial charge in [0.25, 0.3) is 0 Å². The second kappa shape index (κ2) is 7.45. The molecule has 0 saturated heterocycles. The van der Waals surface area contributed by atoms with E-state index in [2.05, 4.69) is 68.7 Å². The number of rotatable bonds is 2. The first-order valence-corrected chi connectivity index (χ1v) is 9.69. The number of nitrogens with zero attached hydrogens (tertiary/aromatic N) is 3. The predicted octanol–water partition coefficient (Wildman–Crippen LogP) is 4.37. The summed E-state index contributed by atoms with van der Waals surface area (Å²) in [5, 5.41) is 3.31. The van der Waals surface area contributed by atoms with E-state index in [1.807, 2.05) is 10.8 Å². The van der Waals surface area contributed by atoms with Gasteiger partial charge in [-0.1, -0.05) is 34.1 Å². The molecule has 1 atom stereocenters. The Bertz CT molecular complexity index is 1070. The van der Waals surface area contributed by atoms with Crippen molar-refractivity contribution in [3.05, 3.63) is 87.9 Å². The van der Waals surface area contributed by atoms with Gasteiger partial charge < -0.3 is 15.6 Å². The first kappa shape index (κ1) is 18.8. The molecule has 1 unspecified atom stereocenters. The first-order valence-electron chi connectivity index (χ1n) is 8.89. The summed E-state index contributed by atoms with van der Waals surface area (Å²) in [4.78, 5) is 8.82. The Hall–Kier alpha value is -2.57. The number of imidazole rings is 1. The lowest BCUT2D eigenvalue weighted by molar-refractivity contribution is 0.733. The van der Waals surface area contributed by atoms with Crippen LogP contribution in [0.4, 0.5) is 0 Å². The lowest BCUT2D eigenvalue weighted by Gasteiger charge is -2.32. The lowest BCUT2D eigenvalue weighted by atomic mass is 9.83. The van der Waals surface area contributed by atoms with Crippen LogP contribution < -0.4 is 11.1 Å². The molecule has 1 aliphatic heterocycles. The van der Waals surface area contributed by atoms with Gasteiger partial charge in [-0.05, 0) is 53.8 Å². The van der Waals surface area contributed by atoms with Gasteiger partial charge in [0.15, 0.2) is 5.96 Å². The number of nitrogens with one attached hydrogen (secondary N) is 1. The molecule has 7 heteroatoms. The van der Waals surface area contributed by atoms with E-state index >= 15 is 0 Å². The zero-order chi connectivity index (χ0) is 18.4. The maximum atomic E-state index is 6.15. The number of halogens is 2. The molecule has 0 spiro atoms. The first-order chi connectivity index (χ1) is 13.2. The van der Waals surface area contributed by atoms with Crippen LogP contribution in [-0.4, -0.2) is 15.5 Å². The highest BCUT2D eigenvalue weighted by molar-refractivity contribution is 9.10. The number of aromatic nitrogens is 2. The number of benzene rings is 2. The van der Waals surface area contributed by atoms with E-state index in [0.717, 1.165) is 34.3 Å². The molecule has 3 N–H and O–H groups in total. The molecule has 0 bridgehead atoms. The monoisotopic (exact) mass is 455 g/mol. The van der Waals surface area contributed by atoms with Gasteiger partial charge in [-0.2, -0.15) is 0 Å². The molecule has 3 aromatic rings. The van der Waals surface area contributed by atoms with Crippen LogP contribution in [0.15, 0.2) is 76.2 Å². The molecule has 5 rings (SSSR count). The smallest absolute Gasteiger partial charge is 0.194 e. The number of aliphatic imine (C=N–C) groups is 1. The molecule has 142 valence electrons. The third-order valence-corrected chi connectivity index (χ3v) is 5.68. The van der Waals surface area contributed by atoms with Crippen LogP contribution in [0.25, 0.3) is 11.4 Å². The van der Waals surface area contributed by atoms with Crippen LogP contribution in [0.5, 0.6) is 0 Å². The molecule has 0 saturated carbocycles. The highest BCUT2D eigenvalue weighted by Crippen LogP contribution is 2.41. The number of hydrogen-bond acceptors (Lipinski definition) is 4. The Morgan fingerprint density at radius 1 is 1.11 bits per heavy atom. The van der Waals surface area contributed by atoms with Gasteiger partial charge in [0.1, 0.15) is 6.04 Å². The van der Waals surface area contributed by atoms with Gasteiger partial charge in [-0.3, -0.25) is 0 Å². The average molecular weight is 457 g/mol. The van der Waals surface area contributed by atoms with Gasteiger partial charge in [-0.25, -0.2) is 9.98 Å². The molecule has 1 aliphatic carbocycles. The lowest BCUT2D eigenvalue weighted by Crippen LogP contribution is -2.37. The van der Waals surface area contributed by atoms with Gasteiger partial charge in [0, 0.05) is 28.1 Å². The normalized spacial score (nSPS) is 17.8. The quantitative estimate of drug-likeness (QED) is 0.601. The molecule has 2 aromatic carbocycles. The summed E-state index contributed by atoms with van der Waals surface area (Å²) in [6.45, 7) is 0. The summed E-state index contributed by atoms with van der Waals surface area (Å²) in [5.74, 6) is 0.466. The molecule has 1 aromatic heterocycles. The fourth-order valence-corrected chi connectivity index (χ4v) is 4.30. The number of guanidine groups is 1. The minimum atomic E-state index is -0.0464. The highest BCUT2D eigenvalue weighted by atomic mass is 79.9. The van der Waals surface area contributed by atoms with Crippen molar-refractivity contribution in [2.75, 3.05) is 0 Å². The van der Waals surface area contributed by atoms with Crippen LogP contribution in [0.2, 0.25) is 0 Å². The van der Waals surface area contributed by atoms with Gasteiger partial charge in [0.05, 0.1) is 12.0 Å². The average Bonchev–Trinajstić information content (AvgIpc) is 3.22. The van der Waals surface area contributed by atoms with Gasteiger partial charge in [0.2, 0.25) is 0 Å². The Labute approximate surface area is 177 Å². The molecule has 0 amide bonds. The summed E-state index contributed by atoms with van der Waals surface area (Å²) >= 11 is 3.57. The van der Waals surface area contributed by atoms with Crippen molar-refractivity contribution in [1.29, 1.82) is 0 Å². The summed E-state index contributed by atoms with van der Waals surface area (Å²) in [6.07, 6.45) is 7.49. The molecular weight excluding hydrogens is 438 g/mol. The standard InChI is InChI=1S/C21H18BrN5.ClH/c22-15-4-8-17-14(11-15)3-7-18-19(25-21(23)26-20(17)18)13-1-5-16(6-2-13)27-10-9-24-12-27;/h1-2,4-6,8-12,19H,3,7H2,(H3,23,25,26);1H. The topological polar surface area (TPSA) is 68.2 Å². The third kappa shape index (κ3) is 3.23. The number of aryl methyl sites for hydroxylation is 1. The maximum Gasteiger partial charge on any atom is 0.194 e. The van der Waals surface area contributed by atoms with E-state index in [1.54, 1.807) is 12.5 Å². The van der Waals surface area contributed by atoms with Crippen molar-refractivity contribution in [1.82, 2.24) is 14.9 Å². The van der Waals surface area contributed by atoms with E-state index < -0.39 is 0 Å². The minimum absolute atomic E-state index is 0. The molecule has 2 heterocycles. The van der Waals surface area contributed by atoms with E-state index in [9.17, 15) is 0 Å². The molecule has 5 nitrogen and oxygen atoms in total. The molecular formula is C21H19BrClN5. The van der Waals surface area contributed by atoms with Crippen LogP contribution in [0.3, 0.4) is 0 Å². The molecule has 0 fully saturated rings. The summed E-state index contributed by atoms with van der Waals surface area (Å²) < 4.78 is 3.10. The second-order valence-electron chi connectivity index (χ2n) is 6.81. The third-order valence-electron chi connectivity index (χ3n) is 5.18. The Morgan fingerprint density at radius 3 is 2.68 bits per heavy atom. The van der Waals surface area contributed by atoms with Gasteiger partial charge in [-0.15, -0.1) is 12.4 Å². The van der Waals surface area contributed by atoms with Crippen LogP contribution in [0.1, 0.15) is 29.2 Å². The van der Waals surface area contributed by atoms with Crippen molar-refractivity contribution in [3.8, 4) is 5.69 Å². The number of fused-ring (bicyclic) bond motifs is 2. The zero-order valence-corrected chi connectivity index (χ0v) is 17.4. The predicted molar refractivity (Wildman–Crippen MR) is 118 cm³/mol. The second-order valence-corrected chi connectivity index (χ2v) is 7.72. The Morgan fingerprint density at radius 2 is 1.93 bits per heavy atom. The number of hydrogen-bond donors (Lipinski definition) is 2. The van der Waals surface area contributed by atoms with Crippen LogP contribution in [0, 0.1) is 0 Å². The van der Waals surface area contributed by atoms with E-state index in [0.29, 0.717) is 5.96 Å². The minimum Gasteiger partial charge on any atom is -0.370 e. The zero-order valence-electron chi connectivity index (χ0n) is 15.0. The summed E-state index contributed by atoms with van der Waals surface area (Å²) in [7, 11) is 0. The highest BCUT2D eigenvalue weighted by Gasteiger charge is 2.29. The van der Waals surface area contributed by atoms with Gasteiger partial charge >= 0.3 is 0 Å².